The Hall–Kier alpha value is -1.00. The van der Waals surface area contributed by atoms with Crippen LogP contribution >= 0.6 is 0 Å². The lowest BCUT2D eigenvalue weighted by Crippen LogP contribution is -2.17. The first-order valence-electron chi connectivity index (χ1n) is 6.42. The van der Waals surface area contributed by atoms with E-state index in [0.29, 0.717) is 6.61 Å². The van der Waals surface area contributed by atoms with Gasteiger partial charge in [-0.15, -0.1) is 0 Å². The van der Waals surface area contributed by atoms with Crippen LogP contribution in [0, 0.1) is 6.92 Å². The van der Waals surface area contributed by atoms with E-state index in [1.165, 1.54) is 12.8 Å². The Kier molecular flexibility index (Phi) is 4.45. The number of hydrogen-bond donors (Lipinski definition) is 1. The molecule has 1 aromatic rings. The largest absolute Gasteiger partial charge is 0.381 e. The monoisotopic (exact) mass is 235 g/mol. The van der Waals surface area contributed by atoms with Gasteiger partial charge in [-0.1, -0.05) is 0 Å². The molecule has 0 spiro atoms. The molecule has 4 heteroatoms. The number of aryl methyl sites for hydroxylation is 1. The van der Waals surface area contributed by atoms with Gasteiger partial charge in [-0.05, 0) is 32.8 Å². The zero-order valence-electron chi connectivity index (χ0n) is 10.7. The van der Waals surface area contributed by atoms with E-state index in [9.17, 15) is 0 Å². The summed E-state index contributed by atoms with van der Waals surface area (Å²) in [4.78, 5) is 8.98. The first kappa shape index (κ1) is 12.5. The molecule has 0 aliphatic heterocycles. The summed E-state index contributed by atoms with van der Waals surface area (Å²) in [6.45, 7) is 6.33. The normalized spacial score (nSPS) is 15.2. The highest BCUT2D eigenvalue weighted by Gasteiger charge is 2.20. The van der Waals surface area contributed by atoms with Crippen LogP contribution in [0.1, 0.15) is 37.0 Å². The van der Waals surface area contributed by atoms with Crippen molar-refractivity contribution in [3.8, 4) is 0 Å². The van der Waals surface area contributed by atoms with Gasteiger partial charge in [0, 0.05) is 31.3 Å². The van der Waals surface area contributed by atoms with Crippen LogP contribution in [0.2, 0.25) is 0 Å². The van der Waals surface area contributed by atoms with Crippen molar-refractivity contribution >= 4 is 0 Å². The standard InChI is InChI=1S/C13H21N3O/c1-3-17-7-6-13-15-10(2)8-12(16-13)9-14-11-4-5-11/h8,11,14H,3-7,9H2,1-2H3. The molecule has 0 saturated heterocycles. The van der Waals surface area contributed by atoms with Crippen LogP contribution in [0.3, 0.4) is 0 Å². The maximum Gasteiger partial charge on any atom is 0.131 e. The summed E-state index contributed by atoms with van der Waals surface area (Å²) in [6, 6.07) is 2.77. The second-order valence-electron chi connectivity index (χ2n) is 4.52. The summed E-state index contributed by atoms with van der Waals surface area (Å²) in [5.74, 6) is 0.894. The number of rotatable bonds is 7. The van der Waals surface area contributed by atoms with Crippen LogP contribution in [-0.4, -0.2) is 29.2 Å². The summed E-state index contributed by atoms with van der Waals surface area (Å²) in [6.07, 6.45) is 3.41. The molecule has 1 aliphatic rings. The SMILES string of the molecule is CCOCCc1nc(C)cc(CNC2CC2)n1. The van der Waals surface area contributed by atoms with Crippen LogP contribution in [0.5, 0.6) is 0 Å². The van der Waals surface area contributed by atoms with Crippen LogP contribution in [0.25, 0.3) is 0 Å². The summed E-state index contributed by atoms with van der Waals surface area (Å²) >= 11 is 0. The average molecular weight is 235 g/mol. The van der Waals surface area contributed by atoms with Crippen molar-refractivity contribution in [2.75, 3.05) is 13.2 Å². The fourth-order valence-electron chi connectivity index (χ4n) is 1.75. The van der Waals surface area contributed by atoms with Crippen molar-refractivity contribution in [1.82, 2.24) is 15.3 Å². The Morgan fingerprint density at radius 2 is 2.24 bits per heavy atom. The molecule has 1 aliphatic carbocycles. The molecule has 17 heavy (non-hydrogen) atoms. The van der Waals surface area contributed by atoms with Crippen molar-refractivity contribution < 1.29 is 4.74 Å². The summed E-state index contributed by atoms with van der Waals surface area (Å²) in [5, 5.41) is 3.47. The lowest BCUT2D eigenvalue weighted by atomic mass is 10.3. The van der Waals surface area contributed by atoms with Gasteiger partial charge in [0.2, 0.25) is 0 Å². The Morgan fingerprint density at radius 1 is 1.41 bits per heavy atom. The van der Waals surface area contributed by atoms with E-state index < -0.39 is 0 Å². The molecule has 1 N–H and O–H groups in total. The van der Waals surface area contributed by atoms with Crippen LogP contribution in [0.4, 0.5) is 0 Å². The quantitative estimate of drug-likeness (QED) is 0.729. The predicted octanol–water partition coefficient (Wildman–Crippen LogP) is 1.62. The maximum atomic E-state index is 5.33. The van der Waals surface area contributed by atoms with Crippen molar-refractivity contribution in [3.63, 3.8) is 0 Å². The molecule has 0 aromatic carbocycles. The number of nitrogens with zero attached hydrogens (tertiary/aromatic N) is 2. The van der Waals surface area contributed by atoms with Crippen molar-refractivity contribution in [1.29, 1.82) is 0 Å². The van der Waals surface area contributed by atoms with Gasteiger partial charge >= 0.3 is 0 Å². The summed E-state index contributed by atoms with van der Waals surface area (Å²) in [5.41, 5.74) is 2.13. The van der Waals surface area contributed by atoms with Crippen molar-refractivity contribution in [2.24, 2.45) is 0 Å². The number of ether oxygens (including phenoxy) is 1. The van der Waals surface area contributed by atoms with E-state index in [-0.39, 0.29) is 0 Å². The molecule has 0 amide bonds. The van der Waals surface area contributed by atoms with Gasteiger partial charge in [0.15, 0.2) is 0 Å². The molecular formula is C13H21N3O. The molecule has 2 rings (SSSR count). The molecule has 0 atom stereocenters. The van der Waals surface area contributed by atoms with E-state index in [1.807, 2.05) is 13.8 Å². The van der Waals surface area contributed by atoms with Gasteiger partial charge in [-0.25, -0.2) is 9.97 Å². The third kappa shape index (κ3) is 4.40. The Balaban J connectivity index is 1.90. The Morgan fingerprint density at radius 3 is 2.94 bits per heavy atom. The number of hydrogen-bond acceptors (Lipinski definition) is 4. The minimum absolute atomic E-state index is 0.704. The number of aromatic nitrogens is 2. The lowest BCUT2D eigenvalue weighted by Gasteiger charge is -2.07. The minimum Gasteiger partial charge on any atom is -0.381 e. The van der Waals surface area contributed by atoms with Gasteiger partial charge in [-0.3, -0.25) is 0 Å². The van der Waals surface area contributed by atoms with Gasteiger partial charge in [0.1, 0.15) is 5.82 Å². The van der Waals surface area contributed by atoms with Crippen LogP contribution < -0.4 is 5.32 Å². The highest BCUT2D eigenvalue weighted by Crippen LogP contribution is 2.19. The Bertz CT molecular complexity index is 364. The fraction of sp³-hybridized carbons (Fsp3) is 0.692. The second kappa shape index (κ2) is 6.07. The summed E-state index contributed by atoms with van der Waals surface area (Å²) < 4.78 is 5.33. The average Bonchev–Trinajstić information content (AvgIpc) is 3.10. The molecule has 1 aromatic heterocycles. The zero-order valence-corrected chi connectivity index (χ0v) is 10.7. The highest BCUT2D eigenvalue weighted by atomic mass is 16.5. The molecule has 1 saturated carbocycles. The topological polar surface area (TPSA) is 47.0 Å². The molecule has 1 fully saturated rings. The number of nitrogens with one attached hydrogen (secondary N) is 1. The van der Waals surface area contributed by atoms with Crippen molar-refractivity contribution in [2.45, 2.75) is 45.7 Å². The molecular weight excluding hydrogens is 214 g/mol. The van der Waals surface area contributed by atoms with Crippen molar-refractivity contribution in [3.05, 3.63) is 23.3 Å². The predicted molar refractivity (Wildman–Crippen MR) is 66.8 cm³/mol. The molecule has 4 nitrogen and oxygen atoms in total. The first-order valence-corrected chi connectivity index (χ1v) is 6.42. The van der Waals surface area contributed by atoms with E-state index in [2.05, 4.69) is 21.4 Å². The van der Waals surface area contributed by atoms with E-state index >= 15 is 0 Å². The zero-order chi connectivity index (χ0) is 12.1. The minimum atomic E-state index is 0.704. The molecule has 1 heterocycles. The highest BCUT2D eigenvalue weighted by molar-refractivity contribution is 5.10. The lowest BCUT2D eigenvalue weighted by molar-refractivity contribution is 0.149. The smallest absolute Gasteiger partial charge is 0.131 e. The molecule has 0 unspecified atom stereocenters. The van der Waals surface area contributed by atoms with E-state index in [0.717, 1.165) is 42.8 Å². The van der Waals surface area contributed by atoms with Gasteiger partial charge < -0.3 is 10.1 Å². The Labute approximate surface area is 103 Å². The van der Waals surface area contributed by atoms with Gasteiger partial charge in [0.05, 0.1) is 12.3 Å². The fourth-order valence-corrected chi connectivity index (χ4v) is 1.75. The van der Waals surface area contributed by atoms with Gasteiger partial charge in [-0.2, -0.15) is 0 Å². The van der Waals surface area contributed by atoms with E-state index in [4.69, 9.17) is 4.74 Å². The second-order valence-corrected chi connectivity index (χ2v) is 4.52. The third-order valence-electron chi connectivity index (χ3n) is 2.78. The first-order chi connectivity index (χ1) is 8.28. The van der Waals surface area contributed by atoms with Crippen LogP contribution in [-0.2, 0) is 17.7 Å². The summed E-state index contributed by atoms with van der Waals surface area (Å²) in [7, 11) is 0. The van der Waals surface area contributed by atoms with Gasteiger partial charge in [0.25, 0.3) is 0 Å². The molecule has 0 radical (unpaired) electrons. The maximum absolute atomic E-state index is 5.33. The third-order valence-corrected chi connectivity index (χ3v) is 2.78. The van der Waals surface area contributed by atoms with Crippen LogP contribution in [0.15, 0.2) is 6.07 Å². The molecule has 0 bridgehead atoms. The van der Waals surface area contributed by atoms with E-state index in [1.54, 1.807) is 0 Å². The molecule has 94 valence electrons.